The standard InChI is InChI=1S/C23H24N6O3/c30-20(9-3-8-19-25-17-6-2-1-5-16(17)22(31)27-19)28-13-10-15(11-14-28)29-21-18(26-23(29)32)7-4-12-24-21/h1-2,4-7,12,15H,3,8-11,13-14H2,(H,26,32)(H,25,27,31). The molecule has 5 rings (SSSR count). The summed E-state index contributed by atoms with van der Waals surface area (Å²) in [4.78, 5) is 53.6. The van der Waals surface area contributed by atoms with E-state index in [0.717, 1.165) is 5.52 Å². The van der Waals surface area contributed by atoms with E-state index in [1.54, 1.807) is 22.9 Å². The summed E-state index contributed by atoms with van der Waals surface area (Å²) in [6.45, 7) is 1.22. The third-order valence-electron chi connectivity index (χ3n) is 6.12. The van der Waals surface area contributed by atoms with Crippen LogP contribution in [0.25, 0.3) is 22.1 Å². The third-order valence-corrected chi connectivity index (χ3v) is 6.12. The SMILES string of the molecule is O=C(CCCc1nc2ccccc2c(=O)[nH]1)N1CCC(n2c(=O)[nH]c3cccnc32)CC1. The van der Waals surface area contributed by atoms with Gasteiger partial charge in [0.05, 0.1) is 16.4 Å². The fourth-order valence-corrected chi connectivity index (χ4v) is 4.49. The average molecular weight is 432 g/mol. The second kappa shape index (κ2) is 8.41. The minimum atomic E-state index is -0.152. The number of hydrogen-bond acceptors (Lipinski definition) is 5. The first-order valence-corrected chi connectivity index (χ1v) is 10.9. The molecule has 1 aliphatic rings. The average Bonchev–Trinajstić information content (AvgIpc) is 3.15. The molecule has 9 nitrogen and oxygen atoms in total. The lowest BCUT2D eigenvalue weighted by molar-refractivity contribution is -0.132. The normalized spacial score (nSPS) is 14.9. The van der Waals surface area contributed by atoms with Gasteiger partial charge in [-0.15, -0.1) is 0 Å². The second-order valence-corrected chi connectivity index (χ2v) is 8.17. The van der Waals surface area contributed by atoms with Crippen molar-refractivity contribution in [2.24, 2.45) is 0 Å². The van der Waals surface area contributed by atoms with Crippen molar-refractivity contribution in [1.82, 2.24) is 29.4 Å². The summed E-state index contributed by atoms with van der Waals surface area (Å²) >= 11 is 0. The fraction of sp³-hybridized carbons (Fsp3) is 0.348. The molecule has 0 bridgehead atoms. The largest absolute Gasteiger partial charge is 0.343 e. The first-order valence-electron chi connectivity index (χ1n) is 10.9. The molecule has 2 N–H and O–H groups in total. The van der Waals surface area contributed by atoms with E-state index in [2.05, 4.69) is 19.9 Å². The maximum Gasteiger partial charge on any atom is 0.327 e. The predicted octanol–water partition coefficient (Wildman–Crippen LogP) is 2.15. The molecule has 1 aromatic carbocycles. The van der Waals surface area contributed by atoms with E-state index in [4.69, 9.17) is 0 Å². The van der Waals surface area contributed by atoms with Crippen molar-refractivity contribution in [3.63, 3.8) is 0 Å². The third kappa shape index (κ3) is 3.81. The van der Waals surface area contributed by atoms with E-state index in [0.29, 0.717) is 67.6 Å². The van der Waals surface area contributed by atoms with Crippen molar-refractivity contribution in [2.45, 2.75) is 38.1 Å². The Kier molecular flexibility index (Phi) is 5.30. The molecule has 4 aromatic rings. The molecular formula is C23H24N6O3. The van der Waals surface area contributed by atoms with E-state index in [1.807, 2.05) is 29.2 Å². The number of piperidine rings is 1. The number of imidazole rings is 1. The lowest BCUT2D eigenvalue weighted by atomic mass is 10.0. The van der Waals surface area contributed by atoms with Gasteiger partial charge in [-0.2, -0.15) is 0 Å². The van der Waals surface area contributed by atoms with Gasteiger partial charge in [0.15, 0.2) is 5.65 Å². The highest BCUT2D eigenvalue weighted by molar-refractivity contribution is 5.77. The van der Waals surface area contributed by atoms with Crippen LogP contribution in [0.1, 0.15) is 37.5 Å². The number of aromatic nitrogens is 5. The van der Waals surface area contributed by atoms with Crippen LogP contribution >= 0.6 is 0 Å². The number of aromatic amines is 2. The zero-order valence-corrected chi connectivity index (χ0v) is 17.6. The summed E-state index contributed by atoms with van der Waals surface area (Å²) in [7, 11) is 0. The lowest BCUT2D eigenvalue weighted by Crippen LogP contribution is -2.40. The van der Waals surface area contributed by atoms with Crippen LogP contribution in [-0.4, -0.2) is 48.4 Å². The number of likely N-dealkylation sites (tertiary alicyclic amines) is 1. The highest BCUT2D eigenvalue weighted by atomic mass is 16.2. The van der Waals surface area contributed by atoms with Crippen molar-refractivity contribution in [3.8, 4) is 0 Å². The van der Waals surface area contributed by atoms with Gasteiger partial charge in [0, 0.05) is 38.2 Å². The zero-order valence-electron chi connectivity index (χ0n) is 17.6. The van der Waals surface area contributed by atoms with Gasteiger partial charge in [-0.1, -0.05) is 12.1 Å². The van der Waals surface area contributed by atoms with Crippen LogP contribution in [0.5, 0.6) is 0 Å². The molecule has 0 radical (unpaired) electrons. The minimum absolute atomic E-state index is 0.0297. The minimum Gasteiger partial charge on any atom is -0.343 e. The Morgan fingerprint density at radius 3 is 2.72 bits per heavy atom. The van der Waals surface area contributed by atoms with Crippen molar-refractivity contribution in [3.05, 3.63) is 69.3 Å². The Bertz CT molecular complexity index is 1390. The molecule has 164 valence electrons. The van der Waals surface area contributed by atoms with Crippen LogP contribution in [-0.2, 0) is 11.2 Å². The highest BCUT2D eigenvalue weighted by Crippen LogP contribution is 2.24. The number of aryl methyl sites for hydroxylation is 1. The first-order chi connectivity index (χ1) is 15.6. The molecule has 1 fully saturated rings. The van der Waals surface area contributed by atoms with Gasteiger partial charge in [-0.25, -0.2) is 14.8 Å². The molecule has 9 heteroatoms. The molecule has 0 unspecified atom stereocenters. The lowest BCUT2D eigenvalue weighted by Gasteiger charge is -2.32. The number of hydrogen-bond donors (Lipinski definition) is 2. The molecule has 1 amide bonds. The van der Waals surface area contributed by atoms with Crippen molar-refractivity contribution < 1.29 is 4.79 Å². The maximum atomic E-state index is 12.7. The topological polar surface area (TPSA) is 117 Å². The Morgan fingerprint density at radius 2 is 1.88 bits per heavy atom. The van der Waals surface area contributed by atoms with Crippen LogP contribution in [0.2, 0.25) is 0 Å². The van der Waals surface area contributed by atoms with Crippen LogP contribution < -0.4 is 11.2 Å². The van der Waals surface area contributed by atoms with Crippen LogP contribution in [0.15, 0.2) is 52.2 Å². The van der Waals surface area contributed by atoms with E-state index in [1.165, 1.54) is 0 Å². The van der Waals surface area contributed by atoms with Crippen LogP contribution in [0.3, 0.4) is 0 Å². The monoisotopic (exact) mass is 432 g/mol. The Balaban J connectivity index is 1.17. The van der Waals surface area contributed by atoms with Crippen LogP contribution in [0.4, 0.5) is 0 Å². The van der Waals surface area contributed by atoms with E-state index >= 15 is 0 Å². The maximum absolute atomic E-state index is 12.7. The van der Waals surface area contributed by atoms with Gasteiger partial charge in [-0.3, -0.25) is 14.2 Å². The molecule has 32 heavy (non-hydrogen) atoms. The summed E-state index contributed by atoms with van der Waals surface area (Å²) < 4.78 is 1.72. The number of fused-ring (bicyclic) bond motifs is 2. The Morgan fingerprint density at radius 1 is 1.06 bits per heavy atom. The van der Waals surface area contributed by atoms with Gasteiger partial charge in [0.1, 0.15) is 5.82 Å². The van der Waals surface area contributed by atoms with Gasteiger partial charge >= 0.3 is 5.69 Å². The highest BCUT2D eigenvalue weighted by Gasteiger charge is 2.26. The van der Waals surface area contributed by atoms with Crippen molar-refractivity contribution in [1.29, 1.82) is 0 Å². The fourth-order valence-electron chi connectivity index (χ4n) is 4.49. The summed E-state index contributed by atoms with van der Waals surface area (Å²) in [6, 6.07) is 10.9. The number of nitrogens with one attached hydrogen (secondary N) is 2. The number of para-hydroxylation sites is 1. The number of pyridine rings is 1. The summed E-state index contributed by atoms with van der Waals surface area (Å²) in [5, 5.41) is 0.569. The van der Waals surface area contributed by atoms with Crippen molar-refractivity contribution in [2.75, 3.05) is 13.1 Å². The number of carbonyl (C=O) groups excluding carboxylic acids is 1. The quantitative estimate of drug-likeness (QED) is 0.501. The number of H-pyrrole nitrogens is 2. The molecule has 0 atom stereocenters. The van der Waals surface area contributed by atoms with Crippen molar-refractivity contribution >= 4 is 28.0 Å². The number of rotatable bonds is 5. The van der Waals surface area contributed by atoms with Gasteiger partial charge in [-0.05, 0) is 43.5 Å². The van der Waals surface area contributed by atoms with Gasteiger partial charge in [0.2, 0.25) is 5.91 Å². The summed E-state index contributed by atoms with van der Waals surface area (Å²) in [6.07, 6.45) is 4.67. The van der Waals surface area contributed by atoms with Gasteiger partial charge in [0.25, 0.3) is 5.56 Å². The first kappa shape index (κ1) is 20.2. The zero-order chi connectivity index (χ0) is 22.1. The molecule has 1 saturated heterocycles. The molecule has 1 aliphatic heterocycles. The smallest absolute Gasteiger partial charge is 0.327 e. The summed E-state index contributed by atoms with van der Waals surface area (Å²) in [5.74, 6) is 0.697. The van der Waals surface area contributed by atoms with E-state index in [9.17, 15) is 14.4 Å². The molecule has 0 saturated carbocycles. The van der Waals surface area contributed by atoms with E-state index < -0.39 is 0 Å². The van der Waals surface area contributed by atoms with Crippen LogP contribution in [0, 0.1) is 0 Å². The number of benzene rings is 1. The molecular weight excluding hydrogens is 408 g/mol. The Labute approximate surface area is 183 Å². The predicted molar refractivity (Wildman–Crippen MR) is 121 cm³/mol. The second-order valence-electron chi connectivity index (χ2n) is 8.17. The summed E-state index contributed by atoms with van der Waals surface area (Å²) in [5.41, 5.74) is 1.76. The van der Waals surface area contributed by atoms with E-state index in [-0.39, 0.29) is 23.2 Å². The molecule has 3 aromatic heterocycles. The number of carbonyl (C=O) groups is 1. The number of nitrogens with zero attached hydrogens (tertiary/aromatic N) is 4. The number of amides is 1. The molecule has 0 spiro atoms. The molecule has 4 heterocycles. The van der Waals surface area contributed by atoms with Gasteiger partial charge < -0.3 is 14.9 Å². The molecule has 0 aliphatic carbocycles. The Hall–Kier alpha value is -3.75.